The standard InChI is InChI=1S/C17H22O2/c1-11-4-5-15-14(8-11)9-16(19-15)17(18)7-6-12(2)13(3)10-17/h4-5,8-9,12-13,18H,6-7,10H2,1-3H3. The zero-order valence-electron chi connectivity index (χ0n) is 11.9. The van der Waals surface area contributed by atoms with Crippen molar-refractivity contribution < 1.29 is 9.52 Å². The minimum absolute atomic E-state index is 0.536. The molecule has 3 unspecified atom stereocenters. The topological polar surface area (TPSA) is 33.4 Å². The summed E-state index contributed by atoms with van der Waals surface area (Å²) in [6.45, 7) is 6.57. The second kappa shape index (κ2) is 4.38. The second-order valence-electron chi connectivity index (χ2n) is 6.38. The molecule has 0 spiro atoms. The Balaban J connectivity index is 1.99. The number of rotatable bonds is 1. The normalized spacial score (nSPS) is 31.8. The van der Waals surface area contributed by atoms with Gasteiger partial charge in [0.25, 0.3) is 0 Å². The van der Waals surface area contributed by atoms with E-state index in [0.29, 0.717) is 11.8 Å². The lowest BCUT2D eigenvalue weighted by Crippen LogP contribution is -2.34. The Morgan fingerprint density at radius 1 is 1.21 bits per heavy atom. The Bertz CT molecular complexity index is 598. The summed E-state index contributed by atoms with van der Waals surface area (Å²) in [5.74, 6) is 1.97. The minimum Gasteiger partial charge on any atom is -0.458 e. The Labute approximate surface area is 114 Å². The highest BCUT2D eigenvalue weighted by atomic mass is 16.4. The largest absolute Gasteiger partial charge is 0.458 e. The van der Waals surface area contributed by atoms with E-state index in [9.17, 15) is 5.11 Å². The highest BCUT2D eigenvalue weighted by Gasteiger charge is 2.39. The van der Waals surface area contributed by atoms with E-state index in [-0.39, 0.29) is 0 Å². The lowest BCUT2D eigenvalue weighted by molar-refractivity contribution is -0.0488. The first-order valence-corrected chi connectivity index (χ1v) is 7.21. The average Bonchev–Trinajstić information content (AvgIpc) is 2.78. The van der Waals surface area contributed by atoms with Crippen molar-refractivity contribution in [3.63, 3.8) is 0 Å². The van der Waals surface area contributed by atoms with Crippen molar-refractivity contribution in [3.05, 3.63) is 35.6 Å². The van der Waals surface area contributed by atoms with Crippen LogP contribution in [0.25, 0.3) is 11.0 Å². The monoisotopic (exact) mass is 258 g/mol. The molecule has 1 aliphatic rings. The number of aliphatic hydroxyl groups is 1. The Hall–Kier alpha value is -1.28. The van der Waals surface area contributed by atoms with Gasteiger partial charge in [-0.05, 0) is 56.2 Å². The lowest BCUT2D eigenvalue weighted by atomic mass is 9.72. The maximum absolute atomic E-state index is 10.9. The van der Waals surface area contributed by atoms with Crippen LogP contribution in [-0.2, 0) is 5.60 Å². The van der Waals surface area contributed by atoms with Gasteiger partial charge in [-0.15, -0.1) is 0 Å². The molecule has 0 aliphatic heterocycles. The van der Waals surface area contributed by atoms with Crippen LogP contribution in [0.1, 0.15) is 44.4 Å². The molecule has 0 amide bonds. The van der Waals surface area contributed by atoms with Gasteiger partial charge >= 0.3 is 0 Å². The Kier molecular flexibility index (Phi) is 2.94. The van der Waals surface area contributed by atoms with Gasteiger partial charge < -0.3 is 9.52 Å². The van der Waals surface area contributed by atoms with E-state index in [4.69, 9.17) is 4.42 Å². The highest BCUT2D eigenvalue weighted by molar-refractivity contribution is 5.78. The maximum atomic E-state index is 10.9. The number of furan rings is 1. The zero-order valence-corrected chi connectivity index (χ0v) is 11.9. The molecule has 19 heavy (non-hydrogen) atoms. The molecule has 0 saturated heterocycles. The van der Waals surface area contributed by atoms with Gasteiger partial charge in [0, 0.05) is 5.39 Å². The van der Waals surface area contributed by atoms with E-state index in [2.05, 4.69) is 26.8 Å². The van der Waals surface area contributed by atoms with Gasteiger partial charge in [-0.2, -0.15) is 0 Å². The van der Waals surface area contributed by atoms with Crippen molar-refractivity contribution in [2.75, 3.05) is 0 Å². The zero-order chi connectivity index (χ0) is 13.6. The molecule has 1 saturated carbocycles. The smallest absolute Gasteiger partial charge is 0.136 e. The molecular weight excluding hydrogens is 236 g/mol. The van der Waals surface area contributed by atoms with Crippen LogP contribution in [-0.4, -0.2) is 5.11 Å². The summed E-state index contributed by atoms with van der Waals surface area (Å²) < 4.78 is 5.90. The second-order valence-corrected chi connectivity index (χ2v) is 6.38. The maximum Gasteiger partial charge on any atom is 0.136 e. The molecule has 1 aromatic heterocycles. The van der Waals surface area contributed by atoms with Crippen LogP contribution in [0.5, 0.6) is 0 Å². The van der Waals surface area contributed by atoms with Crippen LogP contribution in [0.15, 0.2) is 28.7 Å². The van der Waals surface area contributed by atoms with Crippen LogP contribution in [0.3, 0.4) is 0 Å². The first-order valence-electron chi connectivity index (χ1n) is 7.21. The molecular formula is C17H22O2. The van der Waals surface area contributed by atoms with Gasteiger partial charge in [0.1, 0.15) is 16.9 Å². The predicted octanol–water partition coefficient (Wildman–Crippen LogP) is 4.38. The summed E-state index contributed by atoms with van der Waals surface area (Å²) in [7, 11) is 0. The molecule has 3 atom stereocenters. The fourth-order valence-corrected chi connectivity index (χ4v) is 3.20. The van der Waals surface area contributed by atoms with Crippen molar-refractivity contribution in [2.45, 2.75) is 45.6 Å². The summed E-state index contributed by atoms with van der Waals surface area (Å²) in [6.07, 6.45) is 2.66. The van der Waals surface area contributed by atoms with Crippen molar-refractivity contribution in [2.24, 2.45) is 11.8 Å². The van der Waals surface area contributed by atoms with E-state index in [1.807, 2.05) is 18.2 Å². The molecule has 1 heterocycles. The van der Waals surface area contributed by atoms with Crippen LogP contribution in [0.4, 0.5) is 0 Å². The number of hydrogen-bond donors (Lipinski definition) is 1. The number of benzene rings is 1. The summed E-state index contributed by atoms with van der Waals surface area (Å²) in [5, 5.41) is 12.0. The Morgan fingerprint density at radius 2 is 2.00 bits per heavy atom. The van der Waals surface area contributed by atoms with Gasteiger partial charge in [0.15, 0.2) is 0 Å². The highest BCUT2D eigenvalue weighted by Crippen LogP contribution is 2.43. The molecule has 1 N–H and O–H groups in total. The summed E-state index contributed by atoms with van der Waals surface area (Å²) >= 11 is 0. The van der Waals surface area contributed by atoms with E-state index in [1.165, 1.54) is 5.56 Å². The SMILES string of the molecule is Cc1ccc2oc(C3(O)CCC(C)C(C)C3)cc2c1. The predicted molar refractivity (Wildman–Crippen MR) is 77.0 cm³/mol. The molecule has 0 radical (unpaired) electrons. The molecule has 2 aromatic rings. The van der Waals surface area contributed by atoms with Crippen molar-refractivity contribution >= 4 is 11.0 Å². The third kappa shape index (κ3) is 2.18. The molecule has 102 valence electrons. The Morgan fingerprint density at radius 3 is 2.74 bits per heavy atom. The van der Waals surface area contributed by atoms with Crippen LogP contribution < -0.4 is 0 Å². The molecule has 1 fully saturated rings. The first-order chi connectivity index (χ1) is 8.98. The molecule has 3 rings (SSSR count). The van der Waals surface area contributed by atoms with Crippen molar-refractivity contribution in [1.82, 2.24) is 0 Å². The number of aryl methyl sites for hydroxylation is 1. The molecule has 2 heteroatoms. The van der Waals surface area contributed by atoms with E-state index < -0.39 is 5.60 Å². The fourth-order valence-electron chi connectivity index (χ4n) is 3.20. The summed E-state index contributed by atoms with van der Waals surface area (Å²) in [6, 6.07) is 8.17. The third-order valence-corrected chi connectivity index (χ3v) is 4.77. The first kappa shape index (κ1) is 12.7. The van der Waals surface area contributed by atoms with Gasteiger partial charge in [-0.3, -0.25) is 0 Å². The third-order valence-electron chi connectivity index (χ3n) is 4.77. The summed E-state index contributed by atoms with van der Waals surface area (Å²) in [4.78, 5) is 0. The van der Waals surface area contributed by atoms with Gasteiger partial charge in [-0.25, -0.2) is 0 Å². The van der Waals surface area contributed by atoms with Crippen LogP contribution in [0, 0.1) is 18.8 Å². The summed E-state index contributed by atoms with van der Waals surface area (Å²) in [5.41, 5.74) is 1.32. The molecule has 2 nitrogen and oxygen atoms in total. The van der Waals surface area contributed by atoms with Crippen LogP contribution >= 0.6 is 0 Å². The fraction of sp³-hybridized carbons (Fsp3) is 0.529. The van der Waals surface area contributed by atoms with E-state index in [1.54, 1.807) is 0 Å². The van der Waals surface area contributed by atoms with Gasteiger partial charge in [0.05, 0.1) is 0 Å². The van der Waals surface area contributed by atoms with Crippen molar-refractivity contribution in [1.29, 1.82) is 0 Å². The molecule has 1 aromatic carbocycles. The van der Waals surface area contributed by atoms with Crippen LogP contribution in [0.2, 0.25) is 0 Å². The average molecular weight is 258 g/mol. The van der Waals surface area contributed by atoms with Crippen molar-refractivity contribution in [3.8, 4) is 0 Å². The van der Waals surface area contributed by atoms with Gasteiger partial charge in [0.2, 0.25) is 0 Å². The minimum atomic E-state index is -0.779. The quantitative estimate of drug-likeness (QED) is 0.823. The van der Waals surface area contributed by atoms with E-state index in [0.717, 1.165) is 36.0 Å². The van der Waals surface area contributed by atoms with Gasteiger partial charge in [-0.1, -0.05) is 25.5 Å². The lowest BCUT2D eigenvalue weighted by Gasteiger charge is -2.37. The number of hydrogen-bond acceptors (Lipinski definition) is 2. The number of fused-ring (bicyclic) bond motifs is 1. The molecule has 1 aliphatic carbocycles. The van der Waals surface area contributed by atoms with E-state index >= 15 is 0 Å². The molecule has 0 bridgehead atoms.